The molecule has 30 heavy (non-hydrogen) atoms. The van der Waals surface area contributed by atoms with Crippen LogP contribution in [0, 0.1) is 5.92 Å². The molecule has 1 fully saturated rings. The van der Waals surface area contributed by atoms with Crippen molar-refractivity contribution in [1.29, 1.82) is 0 Å². The second-order valence-electron chi connectivity index (χ2n) is 7.51. The highest BCUT2D eigenvalue weighted by Crippen LogP contribution is 2.38. The molecule has 164 valence electrons. The summed E-state index contributed by atoms with van der Waals surface area (Å²) in [4.78, 5) is 18.8. The number of carbonyl (C=O) groups excluding carboxylic acids is 1. The van der Waals surface area contributed by atoms with Crippen molar-refractivity contribution >= 4 is 22.5 Å². The first kappa shape index (κ1) is 22.1. The number of aromatic nitrogens is 1. The summed E-state index contributed by atoms with van der Waals surface area (Å²) in [5.41, 5.74) is 1.63. The fraction of sp³-hybridized carbons (Fsp3) is 0.524. The van der Waals surface area contributed by atoms with Crippen LogP contribution in [0.1, 0.15) is 36.5 Å². The van der Waals surface area contributed by atoms with E-state index >= 15 is 0 Å². The third kappa shape index (κ3) is 4.77. The molecular formula is C21H26F3N3O3. The summed E-state index contributed by atoms with van der Waals surface area (Å²) in [5, 5.41) is 12.7. The smallest absolute Gasteiger partial charge is 0.391 e. The third-order valence-corrected chi connectivity index (χ3v) is 5.58. The molecule has 0 saturated carbocycles. The van der Waals surface area contributed by atoms with Crippen LogP contribution in [0.25, 0.3) is 10.9 Å². The zero-order valence-corrected chi connectivity index (χ0v) is 17.0. The van der Waals surface area contributed by atoms with Gasteiger partial charge in [-0.3, -0.25) is 9.78 Å². The summed E-state index contributed by atoms with van der Waals surface area (Å²) in [6.07, 6.45) is -2.08. The zero-order valence-electron chi connectivity index (χ0n) is 17.0. The SMILES string of the molecule is CC[C@@H](CO)NC(=O)c1cnc2c(N3CCC(C(F)(F)F)CC3)cc(OC)cc2c1. The number of piperidine rings is 1. The zero-order chi connectivity index (χ0) is 21.9. The van der Waals surface area contributed by atoms with Gasteiger partial charge in [0.1, 0.15) is 5.75 Å². The van der Waals surface area contributed by atoms with Gasteiger partial charge in [0, 0.05) is 30.7 Å². The van der Waals surface area contributed by atoms with Crippen molar-refractivity contribution in [2.24, 2.45) is 5.92 Å². The fourth-order valence-corrected chi connectivity index (χ4v) is 3.68. The van der Waals surface area contributed by atoms with Crippen LogP contribution in [-0.2, 0) is 0 Å². The number of anilines is 1. The van der Waals surface area contributed by atoms with Crippen molar-refractivity contribution in [3.63, 3.8) is 0 Å². The highest BCUT2D eigenvalue weighted by Gasteiger charge is 2.41. The summed E-state index contributed by atoms with van der Waals surface area (Å²) in [5.74, 6) is -1.09. The lowest BCUT2D eigenvalue weighted by atomic mass is 9.95. The number of ether oxygens (including phenoxy) is 1. The molecule has 0 spiro atoms. The van der Waals surface area contributed by atoms with Crippen LogP contribution in [0.15, 0.2) is 24.4 Å². The molecule has 0 radical (unpaired) electrons. The lowest BCUT2D eigenvalue weighted by molar-refractivity contribution is -0.179. The summed E-state index contributed by atoms with van der Waals surface area (Å²) < 4.78 is 44.4. The number of amides is 1. The highest BCUT2D eigenvalue weighted by molar-refractivity contribution is 6.00. The number of methoxy groups -OCH3 is 1. The molecule has 1 atom stereocenters. The van der Waals surface area contributed by atoms with Crippen molar-refractivity contribution in [2.75, 3.05) is 31.7 Å². The Bertz CT molecular complexity index is 892. The summed E-state index contributed by atoms with van der Waals surface area (Å²) in [6, 6.07) is 4.84. The Hall–Kier alpha value is -2.55. The highest BCUT2D eigenvalue weighted by atomic mass is 19.4. The predicted molar refractivity (Wildman–Crippen MR) is 108 cm³/mol. The van der Waals surface area contributed by atoms with Crippen molar-refractivity contribution in [3.8, 4) is 5.75 Å². The van der Waals surface area contributed by atoms with E-state index in [9.17, 15) is 23.1 Å². The maximum Gasteiger partial charge on any atom is 0.391 e. The third-order valence-electron chi connectivity index (χ3n) is 5.58. The molecule has 2 heterocycles. The molecule has 1 aromatic carbocycles. The molecule has 0 bridgehead atoms. The quantitative estimate of drug-likeness (QED) is 0.741. The number of rotatable bonds is 6. The molecule has 1 aliphatic heterocycles. The molecule has 2 aromatic rings. The summed E-state index contributed by atoms with van der Waals surface area (Å²) in [7, 11) is 1.51. The van der Waals surface area contributed by atoms with E-state index in [-0.39, 0.29) is 44.5 Å². The Morgan fingerprint density at radius 1 is 1.33 bits per heavy atom. The molecule has 1 amide bonds. The van der Waals surface area contributed by atoms with Gasteiger partial charge >= 0.3 is 6.18 Å². The molecule has 2 N–H and O–H groups in total. The Morgan fingerprint density at radius 2 is 2.03 bits per heavy atom. The molecule has 1 aromatic heterocycles. The Morgan fingerprint density at radius 3 is 2.60 bits per heavy atom. The van der Waals surface area contributed by atoms with Gasteiger partial charge in [0.05, 0.1) is 42.4 Å². The summed E-state index contributed by atoms with van der Waals surface area (Å²) >= 11 is 0. The Labute approximate surface area is 173 Å². The van der Waals surface area contributed by atoms with Crippen LogP contribution >= 0.6 is 0 Å². The molecule has 1 aliphatic rings. The van der Waals surface area contributed by atoms with Crippen LogP contribution in [0.4, 0.5) is 18.9 Å². The van der Waals surface area contributed by atoms with Gasteiger partial charge in [-0.25, -0.2) is 0 Å². The van der Waals surface area contributed by atoms with E-state index < -0.39 is 12.1 Å². The topological polar surface area (TPSA) is 74.7 Å². The van der Waals surface area contributed by atoms with Gasteiger partial charge in [0.15, 0.2) is 0 Å². The van der Waals surface area contributed by atoms with Crippen LogP contribution < -0.4 is 15.0 Å². The lowest BCUT2D eigenvalue weighted by Gasteiger charge is -2.34. The van der Waals surface area contributed by atoms with Crippen LogP contribution in [0.3, 0.4) is 0 Å². The molecular weight excluding hydrogens is 399 g/mol. The van der Waals surface area contributed by atoms with Crippen molar-refractivity contribution in [3.05, 3.63) is 30.0 Å². The first-order chi connectivity index (χ1) is 14.3. The van der Waals surface area contributed by atoms with Crippen molar-refractivity contribution in [1.82, 2.24) is 10.3 Å². The second-order valence-corrected chi connectivity index (χ2v) is 7.51. The minimum absolute atomic E-state index is 0.0300. The van der Waals surface area contributed by atoms with Gasteiger partial charge in [-0.2, -0.15) is 13.2 Å². The number of aliphatic hydroxyl groups excluding tert-OH is 1. The average Bonchev–Trinajstić information content (AvgIpc) is 2.75. The minimum atomic E-state index is -4.17. The van der Waals surface area contributed by atoms with Crippen LogP contribution in [-0.4, -0.2) is 55.0 Å². The first-order valence-electron chi connectivity index (χ1n) is 9.98. The molecule has 6 nitrogen and oxygen atoms in total. The Kier molecular flexibility index (Phi) is 6.70. The van der Waals surface area contributed by atoms with Crippen LogP contribution in [0.5, 0.6) is 5.75 Å². The molecule has 0 aliphatic carbocycles. The van der Waals surface area contributed by atoms with E-state index in [1.807, 2.05) is 11.8 Å². The van der Waals surface area contributed by atoms with E-state index in [2.05, 4.69) is 10.3 Å². The number of pyridine rings is 1. The number of nitrogens with zero attached hydrogens (tertiary/aromatic N) is 2. The van der Waals surface area contributed by atoms with Gasteiger partial charge < -0.3 is 20.1 Å². The molecule has 0 unspecified atom stereocenters. The number of carbonyl (C=O) groups is 1. The number of fused-ring (bicyclic) bond motifs is 1. The van der Waals surface area contributed by atoms with Gasteiger partial charge in [-0.15, -0.1) is 0 Å². The first-order valence-corrected chi connectivity index (χ1v) is 9.98. The van der Waals surface area contributed by atoms with Crippen molar-refractivity contribution < 1.29 is 27.8 Å². The second kappa shape index (κ2) is 9.07. The molecule has 9 heteroatoms. The van der Waals surface area contributed by atoms with Gasteiger partial charge in [-0.1, -0.05) is 6.92 Å². The minimum Gasteiger partial charge on any atom is -0.497 e. The van der Waals surface area contributed by atoms with Gasteiger partial charge in [0.2, 0.25) is 0 Å². The van der Waals surface area contributed by atoms with E-state index in [0.717, 1.165) is 0 Å². The van der Waals surface area contributed by atoms with E-state index in [4.69, 9.17) is 4.74 Å². The number of nitrogens with one attached hydrogen (secondary N) is 1. The fourth-order valence-electron chi connectivity index (χ4n) is 3.68. The van der Waals surface area contributed by atoms with E-state index in [1.54, 1.807) is 18.2 Å². The number of alkyl halides is 3. The number of halogens is 3. The normalized spacial score (nSPS) is 16.5. The van der Waals surface area contributed by atoms with Crippen molar-refractivity contribution in [2.45, 2.75) is 38.4 Å². The standard InChI is InChI=1S/C21H26F3N3O3/c1-3-16(12-28)26-20(29)14-8-13-9-17(30-2)10-18(19(13)25-11-14)27-6-4-15(5-7-27)21(22,23)24/h8-11,15-16,28H,3-7,12H2,1-2H3,(H,26,29)/t16-/m0/s1. The number of aliphatic hydroxyl groups is 1. The maximum atomic E-state index is 13.0. The van der Waals surface area contributed by atoms with Crippen LogP contribution in [0.2, 0.25) is 0 Å². The Balaban J connectivity index is 1.90. The number of hydrogen-bond acceptors (Lipinski definition) is 5. The monoisotopic (exact) mass is 425 g/mol. The van der Waals surface area contributed by atoms with E-state index in [1.165, 1.54) is 13.3 Å². The van der Waals surface area contributed by atoms with E-state index in [0.29, 0.717) is 34.3 Å². The van der Waals surface area contributed by atoms with Gasteiger partial charge in [0.25, 0.3) is 5.91 Å². The predicted octanol–water partition coefficient (Wildman–Crippen LogP) is 3.52. The number of hydrogen-bond donors (Lipinski definition) is 2. The summed E-state index contributed by atoms with van der Waals surface area (Å²) in [6.45, 7) is 2.24. The lowest BCUT2D eigenvalue weighted by Crippen LogP contribution is -2.39. The number of benzene rings is 1. The molecule has 3 rings (SSSR count). The van der Waals surface area contributed by atoms with Gasteiger partial charge in [-0.05, 0) is 31.4 Å². The largest absolute Gasteiger partial charge is 0.497 e. The average molecular weight is 425 g/mol. The molecule has 1 saturated heterocycles. The maximum absolute atomic E-state index is 13.0.